The van der Waals surface area contributed by atoms with E-state index >= 15 is 0 Å². The topological polar surface area (TPSA) is 64.6 Å². The fourth-order valence-electron chi connectivity index (χ4n) is 2.73. The third-order valence-electron chi connectivity index (χ3n) is 3.63. The number of aryl methyl sites for hydroxylation is 1. The second-order valence-electron chi connectivity index (χ2n) is 5.56. The van der Waals surface area contributed by atoms with Crippen LogP contribution in [0, 0.1) is 6.92 Å². The number of carbonyl (C=O) groups is 1. The molecule has 0 spiro atoms. The van der Waals surface area contributed by atoms with Gasteiger partial charge in [-0.25, -0.2) is 0 Å². The van der Waals surface area contributed by atoms with Gasteiger partial charge in [0, 0.05) is 25.7 Å². The number of nitrogens with one attached hydrogen (secondary N) is 2. The molecule has 0 aromatic heterocycles. The van der Waals surface area contributed by atoms with Crippen LogP contribution in [0.5, 0.6) is 0 Å². The standard InChI is InChI=1S/C15H23N3O2/c1-11-3-4-14-10-18(6-5-13(14)7-11)9-12(2)17-15(19)8-16-20/h3-4,7,12,16,20H,5-6,8-10H2,1-2H3,(H,17,19)/t12-/m0/s1. The van der Waals surface area contributed by atoms with E-state index in [4.69, 9.17) is 5.21 Å². The Kier molecular flexibility index (Phi) is 5.11. The van der Waals surface area contributed by atoms with Crippen LogP contribution in [0.4, 0.5) is 0 Å². The molecular weight excluding hydrogens is 254 g/mol. The van der Waals surface area contributed by atoms with Crippen molar-refractivity contribution in [1.82, 2.24) is 15.7 Å². The van der Waals surface area contributed by atoms with Crippen LogP contribution in [0.25, 0.3) is 0 Å². The number of hydrogen-bond donors (Lipinski definition) is 3. The third-order valence-corrected chi connectivity index (χ3v) is 3.63. The maximum absolute atomic E-state index is 11.4. The molecular formula is C15H23N3O2. The van der Waals surface area contributed by atoms with E-state index in [-0.39, 0.29) is 18.5 Å². The smallest absolute Gasteiger partial charge is 0.236 e. The van der Waals surface area contributed by atoms with Crippen LogP contribution in [0.15, 0.2) is 18.2 Å². The van der Waals surface area contributed by atoms with E-state index < -0.39 is 0 Å². The second-order valence-corrected chi connectivity index (χ2v) is 5.56. The van der Waals surface area contributed by atoms with Gasteiger partial charge in [-0.15, -0.1) is 0 Å². The van der Waals surface area contributed by atoms with Crippen LogP contribution >= 0.6 is 0 Å². The van der Waals surface area contributed by atoms with Crippen molar-refractivity contribution in [3.8, 4) is 0 Å². The normalized spacial score (nSPS) is 16.6. The van der Waals surface area contributed by atoms with Crippen molar-refractivity contribution < 1.29 is 10.0 Å². The van der Waals surface area contributed by atoms with E-state index in [0.717, 1.165) is 26.1 Å². The lowest BCUT2D eigenvalue weighted by molar-refractivity contribution is -0.122. The summed E-state index contributed by atoms with van der Waals surface area (Å²) in [5, 5.41) is 11.3. The molecule has 110 valence electrons. The summed E-state index contributed by atoms with van der Waals surface area (Å²) >= 11 is 0. The van der Waals surface area contributed by atoms with Gasteiger partial charge in [-0.05, 0) is 31.4 Å². The fraction of sp³-hybridized carbons (Fsp3) is 0.533. The van der Waals surface area contributed by atoms with Crippen molar-refractivity contribution in [2.45, 2.75) is 32.9 Å². The Morgan fingerprint density at radius 3 is 3.00 bits per heavy atom. The summed E-state index contributed by atoms with van der Waals surface area (Å²) in [6.07, 6.45) is 1.07. The maximum atomic E-state index is 11.4. The lowest BCUT2D eigenvalue weighted by Gasteiger charge is -2.31. The SMILES string of the molecule is Cc1ccc2c(c1)CCN(C[C@H](C)NC(=O)CNO)C2. The number of rotatable bonds is 5. The first kappa shape index (κ1) is 15.0. The molecule has 0 fully saturated rings. The average Bonchev–Trinajstić information content (AvgIpc) is 2.39. The predicted octanol–water partition coefficient (Wildman–Crippen LogP) is 0.837. The van der Waals surface area contributed by atoms with E-state index in [2.05, 4.69) is 35.3 Å². The molecule has 0 saturated carbocycles. The summed E-state index contributed by atoms with van der Waals surface area (Å²) in [4.78, 5) is 13.7. The van der Waals surface area contributed by atoms with Gasteiger partial charge in [0.25, 0.3) is 0 Å². The number of benzene rings is 1. The zero-order valence-electron chi connectivity index (χ0n) is 12.1. The minimum absolute atomic E-state index is 0.0630. The van der Waals surface area contributed by atoms with Gasteiger partial charge in [-0.3, -0.25) is 9.69 Å². The summed E-state index contributed by atoms with van der Waals surface area (Å²) in [7, 11) is 0. The fourth-order valence-corrected chi connectivity index (χ4v) is 2.73. The Balaban J connectivity index is 1.86. The maximum Gasteiger partial charge on any atom is 0.236 e. The zero-order valence-corrected chi connectivity index (χ0v) is 12.1. The first-order chi connectivity index (χ1) is 9.58. The highest BCUT2D eigenvalue weighted by atomic mass is 16.5. The Labute approximate surface area is 119 Å². The Hall–Kier alpha value is -1.43. The summed E-state index contributed by atoms with van der Waals surface area (Å²) in [6, 6.07) is 6.70. The molecule has 1 atom stereocenters. The van der Waals surface area contributed by atoms with Crippen molar-refractivity contribution in [2.75, 3.05) is 19.6 Å². The van der Waals surface area contributed by atoms with E-state index in [1.54, 1.807) is 0 Å². The molecule has 3 N–H and O–H groups in total. The van der Waals surface area contributed by atoms with Crippen LogP contribution in [-0.2, 0) is 17.8 Å². The molecule has 0 unspecified atom stereocenters. The molecule has 1 aliphatic heterocycles. The molecule has 5 heteroatoms. The summed E-state index contributed by atoms with van der Waals surface area (Å²) < 4.78 is 0. The number of carbonyl (C=O) groups excluding carboxylic acids is 1. The van der Waals surface area contributed by atoms with Gasteiger partial charge in [0.05, 0.1) is 6.54 Å². The van der Waals surface area contributed by atoms with Crippen molar-refractivity contribution in [3.05, 3.63) is 34.9 Å². The number of hydrogen-bond acceptors (Lipinski definition) is 4. The lowest BCUT2D eigenvalue weighted by atomic mass is 9.97. The Morgan fingerprint density at radius 1 is 1.45 bits per heavy atom. The molecule has 20 heavy (non-hydrogen) atoms. The summed E-state index contributed by atoms with van der Waals surface area (Å²) in [5.41, 5.74) is 6.02. The highest BCUT2D eigenvalue weighted by molar-refractivity contribution is 5.78. The van der Waals surface area contributed by atoms with Crippen molar-refractivity contribution in [2.24, 2.45) is 0 Å². The van der Waals surface area contributed by atoms with Crippen LogP contribution in [0.2, 0.25) is 0 Å². The Bertz CT molecular complexity index is 476. The van der Waals surface area contributed by atoms with Gasteiger partial charge in [0.1, 0.15) is 0 Å². The molecule has 0 bridgehead atoms. The molecule has 5 nitrogen and oxygen atoms in total. The largest absolute Gasteiger partial charge is 0.351 e. The van der Waals surface area contributed by atoms with Gasteiger partial charge in [-0.1, -0.05) is 23.8 Å². The molecule has 1 aromatic carbocycles. The first-order valence-electron chi connectivity index (χ1n) is 7.05. The van der Waals surface area contributed by atoms with Gasteiger partial charge < -0.3 is 10.5 Å². The quantitative estimate of drug-likeness (QED) is 0.698. The third kappa shape index (κ3) is 4.03. The molecule has 1 aliphatic rings. The van der Waals surface area contributed by atoms with Crippen molar-refractivity contribution in [1.29, 1.82) is 0 Å². The minimum atomic E-state index is -0.187. The molecule has 1 aromatic rings. The van der Waals surface area contributed by atoms with Gasteiger partial charge in [0.2, 0.25) is 5.91 Å². The van der Waals surface area contributed by atoms with Gasteiger partial charge in [0.15, 0.2) is 0 Å². The highest BCUT2D eigenvalue weighted by Gasteiger charge is 2.18. The monoisotopic (exact) mass is 277 g/mol. The summed E-state index contributed by atoms with van der Waals surface area (Å²) in [6.45, 7) is 6.83. The number of hydroxylamine groups is 1. The Morgan fingerprint density at radius 2 is 2.25 bits per heavy atom. The predicted molar refractivity (Wildman–Crippen MR) is 77.6 cm³/mol. The van der Waals surface area contributed by atoms with E-state index in [0.29, 0.717) is 0 Å². The number of fused-ring (bicyclic) bond motifs is 1. The lowest BCUT2D eigenvalue weighted by Crippen LogP contribution is -2.45. The number of amides is 1. The van der Waals surface area contributed by atoms with E-state index in [1.807, 2.05) is 12.4 Å². The molecule has 1 amide bonds. The first-order valence-corrected chi connectivity index (χ1v) is 7.05. The highest BCUT2D eigenvalue weighted by Crippen LogP contribution is 2.20. The molecule has 0 aliphatic carbocycles. The molecule has 0 saturated heterocycles. The van der Waals surface area contributed by atoms with Gasteiger partial charge in [-0.2, -0.15) is 5.48 Å². The average molecular weight is 277 g/mol. The van der Waals surface area contributed by atoms with Crippen LogP contribution in [0.1, 0.15) is 23.6 Å². The van der Waals surface area contributed by atoms with Crippen LogP contribution < -0.4 is 10.8 Å². The van der Waals surface area contributed by atoms with Gasteiger partial charge >= 0.3 is 0 Å². The zero-order chi connectivity index (χ0) is 14.5. The van der Waals surface area contributed by atoms with Crippen LogP contribution in [0.3, 0.4) is 0 Å². The van der Waals surface area contributed by atoms with Crippen molar-refractivity contribution in [3.63, 3.8) is 0 Å². The number of nitrogens with zero attached hydrogens (tertiary/aromatic N) is 1. The molecule has 0 radical (unpaired) electrons. The van der Waals surface area contributed by atoms with Crippen molar-refractivity contribution >= 4 is 5.91 Å². The molecule has 2 rings (SSSR count). The second kappa shape index (κ2) is 6.83. The summed E-state index contributed by atoms with van der Waals surface area (Å²) in [5.74, 6) is -0.187. The molecule has 1 heterocycles. The van der Waals surface area contributed by atoms with E-state index in [9.17, 15) is 4.79 Å². The van der Waals surface area contributed by atoms with E-state index in [1.165, 1.54) is 16.7 Å². The van der Waals surface area contributed by atoms with Crippen LogP contribution in [-0.4, -0.2) is 41.7 Å². The minimum Gasteiger partial charge on any atom is -0.351 e.